The number of nitrogens with zero attached hydrogens (tertiary/aromatic N) is 1. The zero-order chi connectivity index (χ0) is 15.5. The van der Waals surface area contributed by atoms with Gasteiger partial charge in [0.1, 0.15) is 18.1 Å². The second kappa shape index (κ2) is 6.12. The third-order valence-corrected chi connectivity index (χ3v) is 3.57. The first kappa shape index (κ1) is 14.5. The van der Waals surface area contributed by atoms with Gasteiger partial charge in [0.25, 0.3) is 0 Å². The van der Waals surface area contributed by atoms with Crippen LogP contribution in [0.4, 0.5) is 4.39 Å². The number of aromatic nitrogens is 1. The molecule has 22 heavy (non-hydrogen) atoms. The summed E-state index contributed by atoms with van der Waals surface area (Å²) in [5.74, 6) is -1.13. The quantitative estimate of drug-likeness (QED) is 0.673. The van der Waals surface area contributed by atoms with Gasteiger partial charge in [-0.15, -0.1) is 0 Å². The van der Waals surface area contributed by atoms with Crippen molar-refractivity contribution in [1.82, 2.24) is 4.98 Å². The molecule has 3 aromatic rings. The Morgan fingerprint density at radius 1 is 1.09 bits per heavy atom. The second-order valence-electron chi connectivity index (χ2n) is 4.67. The maximum atomic E-state index is 13.6. The fraction of sp³-hybridized carbons (Fsp3) is 0.0588. The number of hydrogen-bond acceptors (Lipinski definition) is 3. The second-order valence-corrected chi connectivity index (χ2v) is 5.07. The summed E-state index contributed by atoms with van der Waals surface area (Å²) in [5.41, 5.74) is 1.02. The molecule has 0 unspecified atom stereocenters. The highest BCUT2D eigenvalue weighted by Crippen LogP contribution is 2.20. The van der Waals surface area contributed by atoms with Gasteiger partial charge in [0, 0.05) is 10.9 Å². The van der Waals surface area contributed by atoms with Gasteiger partial charge in [-0.05, 0) is 24.3 Å². The number of para-hydroxylation sites is 1. The molecule has 0 aliphatic rings. The Morgan fingerprint density at radius 2 is 1.91 bits per heavy atom. The predicted octanol–water partition coefficient (Wildman–Crippen LogP) is 4.38. The van der Waals surface area contributed by atoms with Crippen molar-refractivity contribution in [1.29, 1.82) is 0 Å². The van der Waals surface area contributed by atoms with Crippen molar-refractivity contribution in [3.63, 3.8) is 0 Å². The molecule has 0 saturated heterocycles. The van der Waals surface area contributed by atoms with Crippen LogP contribution in [0.25, 0.3) is 10.9 Å². The number of carbonyl (C=O) groups excluding carboxylic acids is 1. The van der Waals surface area contributed by atoms with Crippen LogP contribution in [0, 0.1) is 5.82 Å². The predicted molar refractivity (Wildman–Crippen MR) is 82.3 cm³/mol. The van der Waals surface area contributed by atoms with Gasteiger partial charge in [-0.3, -0.25) is 0 Å². The van der Waals surface area contributed by atoms with Crippen LogP contribution < -0.4 is 0 Å². The molecule has 110 valence electrons. The van der Waals surface area contributed by atoms with E-state index < -0.39 is 11.8 Å². The zero-order valence-corrected chi connectivity index (χ0v) is 12.2. The Balaban J connectivity index is 1.79. The number of carbonyl (C=O) groups is 1. The van der Waals surface area contributed by atoms with Crippen LogP contribution in [-0.4, -0.2) is 11.0 Å². The molecule has 0 amide bonds. The lowest BCUT2D eigenvalue weighted by Crippen LogP contribution is -2.08. The topological polar surface area (TPSA) is 39.2 Å². The Kier molecular flexibility index (Phi) is 4.02. The minimum atomic E-state index is -0.620. The molecule has 0 N–H and O–H groups in total. The van der Waals surface area contributed by atoms with Crippen LogP contribution in [0.3, 0.4) is 0 Å². The zero-order valence-electron chi connectivity index (χ0n) is 11.4. The van der Waals surface area contributed by atoms with E-state index in [1.807, 2.05) is 18.2 Å². The molecule has 0 atom stereocenters. The van der Waals surface area contributed by atoms with E-state index in [1.165, 1.54) is 12.1 Å². The summed E-state index contributed by atoms with van der Waals surface area (Å²) in [6.07, 6.45) is 0. The lowest BCUT2D eigenvalue weighted by atomic mass is 10.2. The average molecular weight is 316 g/mol. The highest BCUT2D eigenvalue weighted by Gasteiger charge is 2.13. The van der Waals surface area contributed by atoms with Crippen molar-refractivity contribution in [2.75, 3.05) is 0 Å². The van der Waals surface area contributed by atoms with Gasteiger partial charge in [0.05, 0.1) is 10.5 Å². The SMILES string of the molecule is O=C(OCc1c(F)cccc1Cl)c1ccc2ccccc2n1. The molecule has 0 aliphatic heterocycles. The first-order chi connectivity index (χ1) is 10.6. The summed E-state index contributed by atoms with van der Waals surface area (Å²) in [4.78, 5) is 16.3. The minimum absolute atomic E-state index is 0.151. The summed E-state index contributed by atoms with van der Waals surface area (Å²) in [6, 6.07) is 15.1. The number of halogens is 2. The molecular weight excluding hydrogens is 305 g/mol. The van der Waals surface area contributed by atoms with E-state index in [-0.39, 0.29) is 22.9 Å². The smallest absolute Gasteiger partial charge is 0.357 e. The number of ether oxygens (including phenoxy) is 1. The maximum Gasteiger partial charge on any atom is 0.357 e. The highest BCUT2D eigenvalue weighted by molar-refractivity contribution is 6.31. The monoisotopic (exact) mass is 315 g/mol. The number of pyridine rings is 1. The molecule has 3 rings (SSSR count). The van der Waals surface area contributed by atoms with Gasteiger partial charge in [-0.25, -0.2) is 14.2 Å². The standard InChI is InChI=1S/C17H11ClFNO2/c18-13-5-3-6-14(19)12(13)10-22-17(21)16-9-8-11-4-1-2-7-15(11)20-16/h1-9H,10H2. The summed E-state index contributed by atoms with van der Waals surface area (Å²) in [5, 5.41) is 1.15. The first-order valence-electron chi connectivity index (χ1n) is 6.61. The van der Waals surface area contributed by atoms with Crippen molar-refractivity contribution in [2.24, 2.45) is 0 Å². The fourth-order valence-corrected chi connectivity index (χ4v) is 2.28. The van der Waals surface area contributed by atoms with E-state index in [0.29, 0.717) is 5.52 Å². The molecule has 1 heterocycles. The van der Waals surface area contributed by atoms with Crippen molar-refractivity contribution in [2.45, 2.75) is 6.61 Å². The van der Waals surface area contributed by atoms with E-state index in [9.17, 15) is 9.18 Å². The van der Waals surface area contributed by atoms with Gasteiger partial charge in [0.15, 0.2) is 0 Å². The molecule has 0 aliphatic carbocycles. The molecule has 0 radical (unpaired) electrons. The molecule has 2 aromatic carbocycles. The Labute approximate surface area is 131 Å². The normalized spacial score (nSPS) is 10.6. The van der Waals surface area contributed by atoms with Crippen LogP contribution in [-0.2, 0) is 11.3 Å². The molecular formula is C17H11ClFNO2. The Hall–Kier alpha value is -2.46. The van der Waals surface area contributed by atoms with Gasteiger partial charge >= 0.3 is 5.97 Å². The maximum absolute atomic E-state index is 13.6. The van der Waals surface area contributed by atoms with Crippen molar-refractivity contribution < 1.29 is 13.9 Å². The van der Waals surface area contributed by atoms with E-state index in [0.717, 1.165) is 5.39 Å². The largest absolute Gasteiger partial charge is 0.456 e. The van der Waals surface area contributed by atoms with Crippen LogP contribution >= 0.6 is 11.6 Å². The van der Waals surface area contributed by atoms with Crippen molar-refractivity contribution in [3.05, 3.63) is 76.7 Å². The van der Waals surface area contributed by atoms with Crippen LogP contribution in [0.2, 0.25) is 5.02 Å². The Morgan fingerprint density at radius 3 is 2.73 bits per heavy atom. The van der Waals surface area contributed by atoms with Crippen LogP contribution in [0.15, 0.2) is 54.6 Å². The summed E-state index contributed by atoms with van der Waals surface area (Å²) in [6.45, 7) is -0.237. The van der Waals surface area contributed by atoms with Gasteiger partial charge in [0.2, 0.25) is 0 Å². The van der Waals surface area contributed by atoms with E-state index in [2.05, 4.69) is 4.98 Å². The third-order valence-electron chi connectivity index (χ3n) is 3.22. The molecule has 5 heteroatoms. The van der Waals surface area contributed by atoms with E-state index in [4.69, 9.17) is 16.3 Å². The molecule has 0 bridgehead atoms. The molecule has 0 saturated carbocycles. The lowest BCUT2D eigenvalue weighted by molar-refractivity contribution is 0.0462. The van der Waals surface area contributed by atoms with Gasteiger partial charge in [-0.2, -0.15) is 0 Å². The molecule has 0 spiro atoms. The number of benzene rings is 2. The lowest BCUT2D eigenvalue weighted by Gasteiger charge is -2.07. The average Bonchev–Trinajstić information content (AvgIpc) is 2.53. The molecule has 3 nitrogen and oxygen atoms in total. The number of esters is 1. The van der Waals surface area contributed by atoms with Crippen molar-refractivity contribution >= 4 is 28.5 Å². The fourth-order valence-electron chi connectivity index (χ4n) is 2.06. The summed E-state index contributed by atoms with van der Waals surface area (Å²) in [7, 11) is 0. The van der Waals surface area contributed by atoms with Crippen LogP contribution in [0.5, 0.6) is 0 Å². The Bertz CT molecular complexity index is 831. The highest BCUT2D eigenvalue weighted by atomic mass is 35.5. The number of rotatable bonds is 3. The molecule has 0 fully saturated rings. The number of fused-ring (bicyclic) bond motifs is 1. The van der Waals surface area contributed by atoms with E-state index in [1.54, 1.807) is 24.3 Å². The molecule has 1 aromatic heterocycles. The minimum Gasteiger partial charge on any atom is -0.456 e. The van der Waals surface area contributed by atoms with E-state index >= 15 is 0 Å². The summed E-state index contributed by atoms with van der Waals surface area (Å²) < 4.78 is 18.7. The van der Waals surface area contributed by atoms with Gasteiger partial charge < -0.3 is 4.74 Å². The first-order valence-corrected chi connectivity index (χ1v) is 6.99. The summed E-state index contributed by atoms with van der Waals surface area (Å²) >= 11 is 5.89. The third kappa shape index (κ3) is 2.92. The van der Waals surface area contributed by atoms with Crippen LogP contribution in [0.1, 0.15) is 16.1 Å². The van der Waals surface area contributed by atoms with Gasteiger partial charge in [-0.1, -0.05) is 41.9 Å². The van der Waals surface area contributed by atoms with Crippen molar-refractivity contribution in [3.8, 4) is 0 Å². The number of hydrogen-bond donors (Lipinski definition) is 0.